The van der Waals surface area contributed by atoms with E-state index in [1.54, 1.807) is 0 Å². The smallest absolute Gasteiger partial charge is 0.228 e. The maximum Gasteiger partial charge on any atom is 0.228 e. The largest absolute Gasteiger partial charge is 0.340 e. The summed E-state index contributed by atoms with van der Waals surface area (Å²) in [4.78, 5) is 4.79. The molecular weight excluding hydrogens is 435 g/mol. The Kier molecular flexibility index (Phi) is 4.94. The van der Waals surface area contributed by atoms with E-state index in [-0.39, 0.29) is 11.1 Å². The van der Waals surface area contributed by atoms with E-state index < -0.39 is 9.96 Å². The van der Waals surface area contributed by atoms with Gasteiger partial charge in [0.15, 0.2) is 6.17 Å². The molecule has 1 fully saturated rings. The summed E-state index contributed by atoms with van der Waals surface area (Å²) in [5, 5.41) is 0. The number of halogens is 3. The summed E-state index contributed by atoms with van der Waals surface area (Å²) < 4.78 is -1.49. The van der Waals surface area contributed by atoms with Crippen molar-refractivity contribution in [3.05, 3.63) is 57.6 Å². The first-order chi connectivity index (χ1) is 13.7. The average Bonchev–Trinajstić information content (AvgIpc) is 2.93. The molecule has 0 bridgehead atoms. The molecule has 2 aromatic rings. The lowest BCUT2D eigenvalue weighted by Crippen LogP contribution is -2.56. The van der Waals surface area contributed by atoms with Gasteiger partial charge < -0.3 is 9.80 Å². The SMILES string of the molecule is Cc1cc(C)c(N2C(C(Cl)(Cl)Cl)N3c4c(C)cc(C)cc4CC3(C)C2(C)C)c(C)c1. The van der Waals surface area contributed by atoms with Crippen LogP contribution in [-0.4, -0.2) is 21.0 Å². The molecule has 2 aliphatic heterocycles. The van der Waals surface area contributed by atoms with Crippen molar-refractivity contribution in [2.75, 3.05) is 9.80 Å². The molecule has 2 atom stereocenters. The van der Waals surface area contributed by atoms with Crippen LogP contribution >= 0.6 is 34.8 Å². The first-order valence-corrected chi connectivity index (χ1v) is 11.7. The van der Waals surface area contributed by atoms with Crippen LogP contribution in [0.25, 0.3) is 0 Å². The Morgan fingerprint density at radius 1 is 0.767 bits per heavy atom. The molecule has 0 aromatic heterocycles. The number of aryl methyl sites for hydroxylation is 5. The monoisotopic (exact) mass is 464 g/mol. The Morgan fingerprint density at radius 3 is 1.73 bits per heavy atom. The zero-order valence-electron chi connectivity index (χ0n) is 19.1. The molecule has 2 nitrogen and oxygen atoms in total. The van der Waals surface area contributed by atoms with E-state index in [0.717, 1.165) is 6.42 Å². The summed E-state index contributed by atoms with van der Waals surface area (Å²) in [5.41, 5.74) is 9.44. The summed E-state index contributed by atoms with van der Waals surface area (Å²) in [6.07, 6.45) is 0.514. The van der Waals surface area contributed by atoms with Gasteiger partial charge in [-0.1, -0.05) is 70.2 Å². The van der Waals surface area contributed by atoms with Gasteiger partial charge in [-0.3, -0.25) is 0 Å². The molecule has 0 saturated carbocycles. The molecule has 0 aliphatic carbocycles. The molecule has 2 aliphatic rings. The molecule has 0 radical (unpaired) electrons. The van der Waals surface area contributed by atoms with Gasteiger partial charge in [0.05, 0.1) is 11.1 Å². The van der Waals surface area contributed by atoms with Crippen molar-refractivity contribution in [1.29, 1.82) is 0 Å². The first-order valence-electron chi connectivity index (χ1n) is 10.5. The Hall–Kier alpha value is -1.09. The quantitative estimate of drug-likeness (QED) is 0.406. The minimum absolute atomic E-state index is 0.216. The number of benzene rings is 2. The van der Waals surface area contributed by atoms with Gasteiger partial charge >= 0.3 is 0 Å². The van der Waals surface area contributed by atoms with Crippen molar-refractivity contribution in [2.24, 2.45) is 0 Å². The van der Waals surface area contributed by atoms with Gasteiger partial charge in [0.2, 0.25) is 3.79 Å². The van der Waals surface area contributed by atoms with E-state index >= 15 is 0 Å². The van der Waals surface area contributed by atoms with E-state index in [4.69, 9.17) is 34.8 Å². The van der Waals surface area contributed by atoms with Crippen LogP contribution in [0.4, 0.5) is 11.4 Å². The Labute approximate surface area is 196 Å². The van der Waals surface area contributed by atoms with Crippen LogP contribution in [0.3, 0.4) is 0 Å². The normalized spacial score (nSPS) is 25.0. The summed E-state index contributed by atoms with van der Waals surface area (Å²) in [6.45, 7) is 17.7. The highest BCUT2D eigenvalue weighted by atomic mass is 35.6. The number of anilines is 2. The number of rotatable bonds is 1. The molecule has 162 valence electrons. The molecular formula is C25H31Cl3N2. The highest BCUT2D eigenvalue weighted by Gasteiger charge is 2.67. The molecule has 5 heteroatoms. The van der Waals surface area contributed by atoms with Crippen LogP contribution in [-0.2, 0) is 6.42 Å². The molecule has 1 saturated heterocycles. The van der Waals surface area contributed by atoms with E-state index in [1.165, 1.54) is 44.8 Å². The standard InChI is InChI=1S/C25H31Cl3N2/c1-14-9-16(3)20(17(4)10-14)29-22(25(26,27)28)30-21-18(5)11-15(2)12-19(21)13-24(30,8)23(29,6)7/h9-12,22H,13H2,1-8H3. The highest BCUT2D eigenvalue weighted by molar-refractivity contribution is 6.68. The van der Waals surface area contributed by atoms with Gasteiger partial charge in [-0.05, 0) is 84.1 Å². The Morgan fingerprint density at radius 2 is 1.23 bits per heavy atom. The predicted molar refractivity (Wildman–Crippen MR) is 132 cm³/mol. The van der Waals surface area contributed by atoms with Crippen molar-refractivity contribution < 1.29 is 0 Å². The van der Waals surface area contributed by atoms with Crippen LogP contribution in [0.15, 0.2) is 24.3 Å². The number of hydrogen-bond donors (Lipinski definition) is 0. The van der Waals surface area contributed by atoms with Gasteiger partial charge in [-0.2, -0.15) is 0 Å². The second-order valence-corrected chi connectivity index (χ2v) is 12.4. The lowest BCUT2D eigenvalue weighted by Gasteiger charge is -2.44. The lowest BCUT2D eigenvalue weighted by molar-refractivity contribution is 0.328. The molecule has 0 amide bonds. The van der Waals surface area contributed by atoms with E-state index in [9.17, 15) is 0 Å². The van der Waals surface area contributed by atoms with E-state index in [1.807, 2.05) is 0 Å². The molecule has 30 heavy (non-hydrogen) atoms. The predicted octanol–water partition coefficient (Wildman–Crippen LogP) is 7.35. The summed E-state index contributed by atoms with van der Waals surface area (Å²) in [5.74, 6) is 0. The fourth-order valence-corrected chi connectivity index (χ4v) is 6.65. The van der Waals surface area contributed by atoms with E-state index in [2.05, 4.69) is 89.5 Å². The topological polar surface area (TPSA) is 6.48 Å². The molecule has 0 N–H and O–H groups in total. The molecule has 0 spiro atoms. The Balaban J connectivity index is 2.03. The van der Waals surface area contributed by atoms with E-state index in [0.29, 0.717) is 0 Å². The average molecular weight is 466 g/mol. The van der Waals surface area contributed by atoms with Crippen molar-refractivity contribution in [1.82, 2.24) is 0 Å². The van der Waals surface area contributed by atoms with Gasteiger partial charge in [0.1, 0.15) is 0 Å². The minimum Gasteiger partial charge on any atom is -0.340 e. The van der Waals surface area contributed by atoms with Gasteiger partial charge in [-0.15, -0.1) is 0 Å². The van der Waals surface area contributed by atoms with Crippen LogP contribution < -0.4 is 9.80 Å². The molecule has 2 aromatic carbocycles. The van der Waals surface area contributed by atoms with Crippen LogP contribution in [0.2, 0.25) is 0 Å². The molecule has 4 rings (SSSR count). The minimum atomic E-state index is -1.49. The van der Waals surface area contributed by atoms with Gasteiger partial charge in [0, 0.05) is 11.4 Å². The number of hydrogen-bond acceptors (Lipinski definition) is 2. The number of alkyl halides is 3. The third kappa shape index (κ3) is 2.90. The lowest BCUT2D eigenvalue weighted by atomic mass is 9.78. The van der Waals surface area contributed by atoms with Crippen molar-refractivity contribution in [3.8, 4) is 0 Å². The first kappa shape index (κ1) is 22.1. The second-order valence-electron chi connectivity index (χ2n) is 10.0. The van der Waals surface area contributed by atoms with Crippen LogP contribution in [0.1, 0.15) is 54.2 Å². The third-order valence-electron chi connectivity index (χ3n) is 7.41. The number of nitrogens with zero attached hydrogens (tertiary/aromatic N) is 2. The van der Waals surface area contributed by atoms with Crippen molar-refractivity contribution >= 4 is 46.2 Å². The summed E-state index contributed by atoms with van der Waals surface area (Å²) >= 11 is 20.3. The van der Waals surface area contributed by atoms with Gasteiger partial charge in [-0.25, -0.2) is 0 Å². The van der Waals surface area contributed by atoms with Crippen molar-refractivity contribution in [3.63, 3.8) is 0 Å². The second kappa shape index (κ2) is 6.70. The molecule has 2 heterocycles. The van der Waals surface area contributed by atoms with Crippen molar-refractivity contribution in [2.45, 2.75) is 82.8 Å². The Bertz CT molecular complexity index is 1010. The fourth-order valence-electron chi connectivity index (χ4n) is 6.06. The zero-order chi connectivity index (χ0) is 22.4. The fraction of sp³-hybridized carbons (Fsp3) is 0.520. The van der Waals surface area contributed by atoms with Crippen LogP contribution in [0, 0.1) is 34.6 Å². The maximum atomic E-state index is 6.77. The number of fused-ring (bicyclic) bond motifs is 3. The summed E-state index contributed by atoms with van der Waals surface area (Å²) in [7, 11) is 0. The zero-order valence-corrected chi connectivity index (χ0v) is 21.4. The van der Waals surface area contributed by atoms with Gasteiger partial charge in [0.25, 0.3) is 0 Å². The summed E-state index contributed by atoms with van der Waals surface area (Å²) in [6, 6.07) is 8.98. The molecule has 2 unspecified atom stereocenters. The van der Waals surface area contributed by atoms with Crippen LogP contribution in [0.5, 0.6) is 0 Å². The highest BCUT2D eigenvalue weighted by Crippen LogP contribution is 2.60. The maximum absolute atomic E-state index is 6.77. The third-order valence-corrected chi connectivity index (χ3v) is 8.00.